The van der Waals surface area contributed by atoms with Crippen LogP contribution in [-0.2, 0) is 6.54 Å². The van der Waals surface area contributed by atoms with E-state index < -0.39 is 5.97 Å². The maximum absolute atomic E-state index is 11.2. The van der Waals surface area contributed by atoms with Gasteiger partial charge in [0.05, 0.1) is 17.6 Å². The standard InChI is InChI=1S/C15H20N4O2/c1-18(11-5-2-3-6-11)9-10-19-13-8-4-7-12(15(20)21)14(13)16-17-19/h4,7-8,11H,2-3,5-6,9-10H2,1H3,(H,20,21). The number of aromatic nitrogens is 3. The van der Waals surface area contributed by atoms with Crippen molar-refractivity contribution in [1.29, 1.82) is 0 Å². The zero-order chi connectivity index (χ0) is 14.8. The number of carbonyl (C=O) groups is 1. The number of hydrogen-bond acceptors (Lipinski definition) is 4. The monoisotopic (exact) mass is 288 g/mol. The van der Waals surface area contributed by atoms with Gasteiger partial charge in [-0.05, 0) is 32.0 Å². The largest absolute Gasteiger partial charge is 0.478 e. The first-order valence-electron chi connectivity index (χ1n) is 7.42. The van der Waals surface area contributed by atoms with E-state index >= 15 is 0 Å². The molecule has 21 heavy (non-hydrogen) atoms. The number of hydrogen-bond donors (Lipinski definition) is 1. The lowest BCUT2D eigenvalue weighted by atomic mass is 10.2. The van der Waals surface area contributed by atoms with Gasteiger partial charge in [-0.15, -0.1) is 5.10 Å². The molecule has 0 unspecified atom stereocenters. The summed E-state index contributed by atoms with van der Waals surface area (Å²) in [5.74, 6) is -0.962. The first-order chi connectivity index (χ1) is 10.2. The van der Waals surface area contributed by atoms with E-state index in [4.69, 9.17) is 5.11 Å². The molecule has 0 saturated heterocycles. The number of likely N-dealkylation sites (N-methyl/N-ethyl adjacent to an activating group) is 1. The van der Waals surface area contributed by atoms with Crippen LogP contribution in [0.2, 0.25) is 0 Å². The van der Waals surface area contributed by atoms with Gasteiger partial charge in [0.25, 0.3) is 0 Å². The molecule has 1 heterocycles. The third kappa shape index (κ3) is 2.76. The molecule has 2 aromatic rings. The van der Waals surface area contributed by atoms with E-state index in [2.05, 4.69) is 22.3 Å². The second-order valence-corrected chi connectivity index (χ2v) is 5.71. The van der Waals surface area contributed by atoms with Crippen molar-refractivity contribution < 1.29 is 9.90 Å². The summed E-state index contributed by atoms with van der Waals surface area (Å²) in [6, 6.07) is 5.85. The van der Waals surface area contributed by atoms with Gasteiger partial charge < -0.3 is 10.0 Å². The topological polar surface area (TPSA) is 71.2 Å². The quantitative estimate of drug-likeness (QED) is 0.911. The molecule has 6 nitrogen and oxygen atoms in total. The van der Waals surface area contributed by atoms with E-state index in [1.54, 1.807) is 16.8 Å². The van der Waals surface area contributed by atoms with Crippen LogP contribution in [0.15, 0.2) is 18.2 Å². The lowest BCUT2D eigenvalue weighted by Gasteiger charge is -2.23. The Morgan fingerprint density at radius 2 is 2.19 bits per heavy atom. The fraction of sp³-hybridized carbons (Fsp3) is 0.533. The Morgan fingerprint density at radius 1 is 1.43 bits per heavy atom. The third-order valence-electron chi connectivity index (χ3n) is 4.39. The van der Waals surface area contributed by atoms with Crippen LogP contribution in [0, 0.1) is 0 Å². The second kappa shape index (κ2) is 5.81. The van der Waals surface area contributed by atoms with Crippen LogP contribution >= 0.6 is 0 Å². The Labute approximate surface area is 123 Å². The predicted molar refractivity (Wildman–Crippen MR) is 79.4 cm³/mol. The normalized spacial score (nSPS) is 16.1. The molecule has 1 aromatic heterocycles. The summed E-state index contributed by atoms with van der Waals surface area (Å²) >= 11 is 0. The number of fused-ring (bicyclic) bond motifs is 1. The summed E-state index contributed by atoms with van der Waals surface area (Å²) in [5.41, 5.74) is 1.46. The summed E-state index contributed by atoms with van der Waals surface area (Å²) < 4.78 is 1.80. The molecule has 0 radical (unpaired) electrons. The molecule has 0 bridgehead atoms. The van der Waals surface area contributed by atoms with Gasteiger partial charge in [-0.1, -0.05) is 24.1 Å². The number of rotatable bonds is 5. The van der Waals surface area contributed by atoms with Crippen LogP contribution in [0.4, 0.5) is 0 Å². The zero-order valence-electron chi connectivity index (χ0n) is 12.2. The molecule has 0 spiro atoms. The highest BCUT2D eigenvalue weighted by molar-refractivity contribution is 6.00. The number of nitrogens with zero attached hydrogens (tertiary/aromatic N) is 4. The highest BCUT2D eigenvalue weighted by atomic mass is 16.4. The Bertz CT molecular complexity index is 646. The molecule has 0 amide bonds. The summed E-state index contributed by atoms with van der Waals surface area (Å²) in [6.45, 7) is 1.63. The minimum atomic E-state index is -0.962. The van der Waals surface area contributed by atoms with Gasteiger partial charge in [0.2, 0.25) is 0 Å². The van der Waals surface area contributed by atoms with Gasteiger partial charge in [0.15, 0.2) is 0 Å². The van der Waals surface area contributed by atoms with Crippen molar-refractivity contribution in [3.05, 3.63) is 23.8 Å². The molecular formula is C15H20N4O2. The van der Waals surface area contributed by atoms with Gasteiger partial charge in [0.1, 0.15) is 5.52 Å². The molecule has 3 rings (SSSR count). The Kier molecular flexibility index (Phi) is 3.88. The Balaban J connectivity index is 1.75. The van der Waals surface area contributed by atoms with Gasteiger partial charge in [-0.3, -0.25) is 0 Å². The van der Waals surface area contributed by atoms with Crippen molar-refractivity contribution in [1.82, 2.24) is 19.9 Å². The van der Waals surface area contributed by atoms with Crippen molar-refractivity contribution >= 4 is 17.0 Å². The highest BCUT2D eigenvalue weighted by Crippen LogP contribution is 2.22. The average Bonchev–Trinajstić information content (AvgIpc) is 3.14. The third-order valence-corrected chi connectivity index (χ3v) is 4.39. The Morgan fingerprint density at radius 3 is 2.90 bits per heavy atom. The highest BCUT2D eigenvalue weighted by Gasteiger charge is 2.20. The number of benzene rings is 1. The summed E-state index contributed by atoms with van der Waals surface area (Å²) in [5, 5.41) is 17.3. The van der Waals surface area contributed by atoms with Crippen molar-refractivity contribution in [3.8, 4) is 0 Å². The van der Waals surface area contributed by atoms with E-state index in [1.165, 1.54) is 25.7 Å². The summed E-state index contributed by atoms with van der Waals surface area (Å²) in [6.07, 6.45) is 5.20. The van der Waals surface area contributed by atoms with E-state index in [1.807, 2.05) is 6.07 Å². The van der Waals surface area contributed by atoms with E-state index in [-0.39, 0.29) is 5.56 Å². The molecule has 0 aliphatic heterocycles. The van der Waals surface area contributed by atoms with Crippen LogP contribution in [0.1, 0.15) is 36.0 Å². The first-order valence-corrected chi connectivity index (χ1v) is 7.42. The van der Waals surface area contributed by atoms with Crippen molar-refractivity contribution in [2.75, 3.05) is 13.6 Å². The van der Waals surface area contributed by atoms with Crippen molar-refractivity contribution in [3.63, 3.8) is 0 Å². The maximum Gasteiger partial charge on any atom is 0.338 e. The first kappa shape index (κ1) is 14.0. The molecule has 6 heteroatoms. The molecule has 1 N–H and O–H groups in total. The fourth-order valence-electron chi connectivity index (χ4n) is 3.11. The molecular weight excluding hydrogens is 268 g/mol. The van der Waals surface area contributed by atoms with E-state index in [0.29, 0.717) is 11.6 Å². The molecule has 1 aliphatic rings. The van der Waals surface area contributed by atoms with Crippen LogP contribution in [0.3, 0.4) is 0 Å². The predicted octanol–water partition coefficient (Wildman–Crippen LogP) is 2.00. The van der Waals surface area contributed by atoms with Gasteiger partial charge >= 0.3 is 5.97 Å². The molecule has 112 valence electrons. The van der Waals surface area contributed by atoms with Gasteiger partial charge in [-0.25, -0.2) is 9.48 Å². The smallest absolute Gasteiger partial charge is 0.338 e. The molecule has 0 atom stereocenters. The Hall–Kier alpha value is -1.95. The van der Waals surface area contributed by atoms with E-state index in [9.17, 15) is 4.79 Å². The van der Waals surface area contributed by atoms with Gasteiger partial charge in [-0.2, -0.15) is 0 Å². The minimum absolute atomic E-state index is 0.211. The SMILES string of the molecule is CN(CCn1nnc2c(C(=O)O)cccc21)C1CCCC1. The molecule has 1 aromatic carbocycles. The molecule has 1 aliphatic carbocycles. The summed E-state index contributed by atoms with van der Waals surface area (Å²) in [7, 11) is 2.15. The van der Waals surface area contributed by atoms with Crippen LogP contribution in [-0.4, -0.2) is 50.6 Å². The maximum atomic E-state index is 11.2. The molecule has 1 saturated carbocycles. The molecule has 1 fully saturated rings. The average molecular weight is 288 g/mol. The van der Waals surface area contributed by atoms with Gasteiger partial charge in [0, 0.05) is 12.6 Å². The lowest BCUT2D eigenvalue weighted by Crippen LogP contribution is -2.32. The van der Waals surface area contributed by atoms with Crippen LogP contribution in [0.5, 0.6) is 0 Å². The van der Waals surface area contributed by atoms with Crippen LogP contribution < -0.4 is 0 Å². The van der Waals surface area contributed by atoms with Crippen LogP contribution in [0.25, 0.3) is 11.0 Å². The number of aromatic carboxylic acids is 1. The minimum Gasteiger partial charge on any atom is -0.478 e. The second-order valence-electron chi connectivity index (χ2n) is 5.71. The lowest BCUT2D eigenvalue weighted by molar-refractivity contribution is 0.0699. The zero-order valence-corrected chi connectivity index (χ0v) is 12.2. The number of carboxylic acids is 1. The number of carboxylic acid groups (broad SMARTS) is 1. The summed E-state index contributed by atoms with van der Waals surface area (Å²) in [4.78, 5) is 13.6. The van der Waals surface area contributed by atoms with Crippen molar-refractivity contribution in [2.45, 2.75) is 38.3 Å². The van der Waals surface area contributed by atoms with Crippen molar-refractivity contribution in [2.24, 2.45) is 0 Å². The fourth-order valence-corrected chi connectivity index (χ4v) is 3.11. The van der Waals surface area contributed by atoms with E-state index in [0.717, 1.165) is 18.6 Å².